The number of aliphatic hydroxyl groups is 1. The van der Waals surface area contributed by atoms with Crippen molar-refractivity contribution >= 4 is 0 Å². The summed E-state index contributed by atoms with van der Waals surface area (Å²) in [6.07, 6.45) is 3.99. The van der Waals surface area contributed by atoms with Crippen molar-refractivity contribution in [2.24, 2.45) is 11.8 Å². The topological polar surface area (TPSA) is 50.9 Å². The Labute approximate surface area is 95.7 Å². The zero-order valence-corrected chi connectivity index (χ0v) is 9.93. The highest BCUT2D eigenvalue weighted by molar-refractivity contribution is 5.11. The van der Waals surface area contributed by atoms with Crippen LogP contribution in [-0.4, -0.2) is 19.9 Å². The minimum atomic E-state index is -0.00917. The van der Waals surface area contributed by atoms with Gasteiger partial charge in [-0.2, -0.15) is 0 Å². The summed E-state index contributed by atoms with van der Waals surface area (Å²) in [5, 5.41) is 17.7. The highest BCUT2D eigenvalue weighted by Crippen LogP contribution is 2.57. The summed E-state index contributed by atoms with van der Waals surface area (Å²) >= 11 is 0. The van der Waals surface area contributed by atoms with Crippen LogP contribution in [0.3, 0.4) is 0 Å². The quantitative estimate of drug-likeness (QED) is 0.847. The summed E-state index contributed by atoms with van der Waals surface area (Å²) in [6.45, 7) is 4.24. The van der Waals surface area contributed by atoms with Crippen LogP contribution >= 0.6 is 0 Å². The van der Waals surface area contributed by atoms with Crippen LogP contribution in [0.4, 0.5) is 0 Å². The first-order valence-corrected chi connectivity index (χ1v) is 6.25. The zero-order chi connectivity index (χ0) is 11.3. The largest absolute Gasteiger partial charge is 0.388 e. The van der Waals surface area contributed by atoms with E-state index in [1.54, 1.807) is 0 Å². The fourth-order valence-electron chi connectivity index (χ4n) is 3.21. The molecule has 0 spiro atoms. The zero-order valence-electron chi connectivity index (χ0n) is 9.93. The first kappa shape index (κ1) is 10.3. The van der Waals surface area contributed by atoms with Gasteiger partial charge in [-0.15, -0.1) is 10.2 Å². The molecule has 1 N–H and O–H groups in total. The maximum absolute atomic E-state index is 9.26. The van der Waals surface area contributed by atoms with Gasteiger partial charge in [0.25, 0.3) is 0 Å². The van der Waals surface area contributed by atoms with Gasteiger partial charge in [-0.05, 0) is 44.9 Å². The van der Waals surface area contributed by atoms with E-state index in [1.807, 2.05) is 0 Å². The number of hydrogen-bond acceptors (Lipinski definition) is 3. The van der Waals surface area contributed by atoms with Gasteiger partial charge in [0.05, 0.1) is 0 Å². The van der Waals surface area contributed by atoms with Crippen LogP contribution < -0.4 is 0 Å². The molecular weight excluding hydrogens is 202 g/mol. The third-order valence-electron chi connectivity index (χ3n) is 4.06. The van der Waals surface area contributed by atoms with E-state index in [0.29, 0.717) is 17.8 Å². The Bertz CT molecular complexity index is 389. The maximum atomic E-state index is 9.26. The summed E-state index contributed by atoms with van der Waals surface area (Å²) in [5.41, 5.74) is 0. The molecule has 2 atom stereocenters. The van der Waals surface area contributed by atoms with Crippen LogP contribution in [0.15, 0.2) is 0 Å². The van der Waals surface area contributed by atoms with Crippen molar-refractivity contribution in [2.45, 2.75) is 51.7 Å². The van der Waals surface area contributed by atoms with Crippen LogP contribution in [0.2, 0.25) is 0 Å². The summed E-state index contributed by atoms with van der Waals surface area (Å²) in [6, 6.07) is 0.337. The number of nitrogens with zero attached hydrogens (tertiary/aromatic N) is 3. The van der Waals surface area contributed by atoms with Crippen LogP contribution in [0.25, 0.3) is 0 Å². The van der Waals surface area contributed by atoms with Crippen molar-refractivity contribution in [3.63, 3.8) is 0 Å². The molecule has 2 saturated carbocycles. The Balaban J connectivity index is 1.90. The molecule has 0 amide bonds. The number of hydrogen-bond donors (Lipinski definition) is 1. The Morgan fingerprint density at radius 1 is 1.25 bits per heavy atom. The van der Waals surface area contributed by atoms with E-state index in [-0.39, 0.29) is 6.61 Å². The second-order valence-electron chi connectivity index (χ2n) is 5.52. The predicted octanol–water partition coefficient (Wildman–Crippen LogP) is 1.86. The van der Waals surface area contributed by atoms with Gasteiger partial charge in [0.1, 0.15) is 12.4 Å². The van der Waals surface area contributed by atoms with Crippen molar-refractivity contribution in [2.75, 3.05) is 0 Å². The molecule has 3 rings (SSSR count). The molecule has 0 radical (unpaired) electrons. The van der Waals surface area contributed by atoms with E-state index in [0.717, 1.165) is 17.7 Å². The molecule has 2 unspecified atom stereocenters. The summed E-state index contributed by atoms with van der Waals surface area (Å²) < 4.78 is 2.12. The summed E-state index contributed by atoms with van der Waals surface area (Å²) in [7, 11) is 0. The van der Waals surface area contributed by atoms with Gasteiger partial charge in [0.2, 0.25) is 0 Å². The van der Waals surface area contributed by atoms with Gasteiger partial charge in [-0.25, -0.2) is 0 Å². The molecular formula is C12H19N3O. The molecule has 0 bridgehead atoms. The van der Waals surface area contributed by atoms with E-state index >= 15 is 0 Å². The van der Waals surface area contributed by atoms with Crippen molar-refractivity contribution < 1.29 is 5.11 Å². The molecule has 1 heterocycles. The summed E-state index contributed by atoms with van der Waals surface area (Å²) in [4.78, 5) is 0. The Morgan fingerprint density at radius 2 is 1.94 bits per heavy atom. The monoisotopic (exact) mass is 221 g/mol. The number of aromatic nitrogens is 3. The predicted molar refractivity (Wildman–Crippen MR) is 59.9 cm³/mol. The molecule has 1 aromatic heterocycles. The molecule has 16 heavy (non-hydrogen) atoms. The minimum absolute atomic E-state index is 0.00917. The lowest BCUT2D eigenvalue weighted by Gasteiger charge is -2.17. The lowest BCUT2D eigenvalue weighted by Crippen LogP contribution is -2.13. The molecule has 4 nitrogen and oxygen atoms in total. The fourth-order valence-corrected chi connectivity index (χ4v) is 3.21. The van der Waals surface area contributed by atoms with E-state index in [1.165, 1.54) is 19.3 Å². The molecule has 1 aromatic rings. The van der Waals surface area contributed by atoms with Crippen molar-refractivity contribution in [1.29, 1.82) is 0 Å². The highest BCUT2D eigenvalue weighted by Gasteiger charge is 2.47. The third kappa shape index (κ3) is 1.47. The molecule has 2 aliphatic rings. The van der Waals surface area contributed by atoms with Crippen molar-refractivity contribution in [3.8, 4) is 0 Å². The normalized spacial score (nSPS) is 32.1. The van der Waals surface area contributed by atoms with Crippen LogP contribution in [0, 0.1) is 11.8 Å². The van der Waals surface area contributed by atoms with Gasteiger partial charge in [0.15, 0.2) is 5.82 Å². The molecule has 2 aliphatic carbocycles. The van der Waals surface area contributed by atoms with E-state index in [9.17, 15) is 5.11 Å². The molecule has 0 saturated heterocycles. The second-order valence-corrected chi connectivity index (χ2v) is 5.52. The van der Waals surface area contributed by atoms with Gasteiger partial charge in [-0.1, -0.05) is 0 Å². The van der Waals surface area contributed by atoms with Gasteiger partial charge < -0.3 is 9.67 Å². The number of aliphatic hydroxyl groups excluding tert-OH is 1. The minimum Gasteiger partial charge on any atom is -0.388 e. The van der Waals surface area contributed by atoms with Crippen LogP contribution in [-0.2, 0) is 6.61 Å². The van der Waals surface area contributed by atoms with Gasteiger partial charge in [0, 0.05) is 12.0 Å². The highest BCUT2D eigenvalue weighted by atomic mass is 16.3. The molecule has 0 aliphatic heterocycles. The van der Waals surface area contributed by atoms with Crippen molar-refractivity contribution in [3.05, 3.63) is 11.6 Å². The van der Waals surface area contributed by atoms with E-state index < -0.39 is 0 Å². The molecule has 4 heteroatoms. The van der Waals surface area contributed by atoms with E-state index in [2.05, 4.69) is 28.6 Å². The number of rotatable bonds is 3. The van der Waals surface area contributed by atoms with Crippen LogP contribution in [0.1, 0.15) is 56.7 Å². The molecule has 0 aromatic carbocycles. The lowest BCUT2D eigenvalue weighted by molar-refractivity contribution is 0.261. The number of fused-ring (bicyclic) bond motifs is 1. The SMILES string of the molecule is CC(C)n1c(CO)nnc1C1CC2CC2C1. The average Bonchev–Trinajstić information content (AvgIpc) is 2.75. The Hall–Kier alpha value is -0.900. The van der Waals surface area contributed by atoms with Gasteiger partial charge in [-0.3, -0.25) is 0 Å². The fraction of sp³-hybridized carbons (Fsp3) is 0.833. The summed E-state index contributed by atoms with van der Waals surface area (Å²) in [5.74, 6) is 4.32. The first-order valence-electron chi connectivity index (χ1n) is 6.25. The van der Waals surface area contributed by atoms with Gasteiger partial charge >= 0.3 is 0 Å². The van der Waals surface area contributed by atoms with E-state index in [4.69, 9.17) is 0 Å². The second kappa shape index (κ2) is 3.55. The smallest absolute Gasteiger partial charge is 0.159 e. The van der Waals surface area contributed by atoms with Crippen LogP contribution in [0.5, 0.6) is 0 Å². The Morgan fingerprint density at radius 3 is 2.50 bits per heavy atom. The standard InChI is InChI=1S/C12H19N3O/c1-7(2)15-11(6-16)13-14-12(15)10-4-8-3-9(8)5-10/h7-10,16H,3-6H2,1-2H3. The van der Waals surface area contributed by atoms with Crippen molar-refractivity contribution in [1.82, 2.24) is 14.8 Å². The average molecular weight is 221 g/mol. The molecule has 2 fully saturated rings. The lowest BCUT2D eigenvalue weighted by atomic mass is 10.0. The third-order valence-corrected chi connectivity index (χ3v) is 4.06. The Kier molecular flexibility index (Phi) is 2.28. The first-order chi connectivity index (χ1) is 7.70. The maximum Gasteiger partial charge on any atom is 0.159 e. The molecule has 88 valence electrons.